The molecule has 1 rings (SSSR count). The van der Waals surface area contributed by atoms with Crippen molar-refractivity contribution in [1.29, 1.82) is 0 Å². The fourth-order valence-corrected chi connectivity index (χ4v) is 1.07. The van der Waals surface area contributed by atoms with Gasteiger partial charge in [0.1, 0.15) is 0 Å². The maximum atomic E-state index is 8.68. The minimum atomic E-state index is -0.909. The van der Waals surface area contributed by atoms with Crippen molar-refractivity contribution in [2.75, 3.05) is 0 Å². The molecule has 0 bridgehead atoms. The summed E-state index contributed by atoms with van der Waals surface area (Å²) in [5.41, 5.74) is 0. The van der Waals surface area contributed by atoms with Gasteiger partial charge in [0.05, 0.1) is 0 Å². The van der Waals surface area contributed by atoms with Crippen LogP contribution in [0.4, 0.5) is 0 Å². The second-order valence-corrected chi connectivity index (χ2v) is 2.78. The van der Waals surface area contributed by atoms with Crippen molar-refractivity contribution >= 4 is 66.3 Å². The van der Waals surface area contributed by atoms with Gasteiger partial charge in [-0.25, -0.2) is 0 Å². The number of hydrogen-bond acceptors (Lipinski definition) is 1. The Kier molecular flexibility index (Phi) is 6.46. The van der Waals surface area contributed by atoms with E-state index in [-0.39, 0.29) is 51.4 Å². The molecule has 0 amide bonds. The van der Waals surface area contributed by atoms with Crippen LogP contribution in [0, 0.1) is 0 Å². The van der Waals surface area contributed by atoms with Gasteiger partial charge < -0.3 is 4.80 Å². The second kappa shape index (κ2) is 5.79. The third-order valence-corrected chi connectivity index (χ3v) is 1.86. The maximum absolute atomic E-state index is 8.68. The molecule has 0 aliphatic carbocycles. The standard InChI is InChI=1S/C6H8OSi.K.H/c7-8-6-4-2-1-3-5-6;;/h1-5,7H,8H2;;. The van der Waals surface area contributed by atoms with Crippen molar-refractivity contribution in [3.8, 4) is 0 Å². The Morgan fingerprint density at radius 3 is 2.00 bits per heavy atom. The first-order chi connectivity index (χ1) is 3.93. The summed E-state index contributed by atoms with van der Waals surface area (Å²) >= 11 is 0. The number of hydrogen-bond donors (Lipinski definition) is 1. The van der Waals surface area contributed by atoms with E-state index < -0.39 is 9.76 Å². The van der Waals surface area contributed by atoms with Crippen molar-refractivity contribution in [3.63, 3.8) is 0 Å². The molecule has 44 valence electrons. The Morgan fingerprint density at radius 1 is 1.11 bits per heavy atom. The first-order valence-electron chi connectivity index (χ1n) is 2.58. The zero-order valence-corrected chi connectivity index (χ0v) is 5.96. The van der Waals surface area contributed by atoms with Crippen LogP contribution in [0.15, 0.2) is 30.3 Å². The minimum absolute atomic E-state index is 0. The average Bonchev–Trinajstić information content (AvgIpc) is 1.90. The number of benzene rings is 1. The molecule has 0 unspecified atom stereocenters. The van der Waals surface area contributed by atoms with Crippen LogP contribution in [0.2, 0.25) is 0 Å². The fraction of sp³-hybridized carbons (Fsp3) is 0. The molecule has 9 heavy (non-hydrogen) atoms. The van der Waals surface area contributed by atoms with E-state index >= 15 is 0 Å². The van der Waals surface area contributed by atoms with E-state index in [4.69, 9.17) is 4.80 Å². The van der Waals surface area contributed by atoms with Gasteiger partial charge in [-0.1, -0.05) is 30.3 Å². The van der Waals surface area contributed by atoms with Crippen LogP contribution in [0.1, 0.15) is 0 Å². The normalized spacial score (nSPS) is 9.44. The van der Waals surface area contributed by atoms with Gasteiger partial charge in [-0.3, -0.25) is 0 Å². The number of rotatable bonds is 1. The Labute approximate surface area is 99.8 Å². The molecule has 1 nitrogen and oxygen atoms in total. The second-order valence-electron chi connectivity index (χ2n) is 1.64. The van der Waals surface area contributed by atoms with Crippen LogP contribution >= 0.6 is 0 Å². The molecule has 0 aliphatic heterocycles. The molecule has 1 aromatic carbocycles. The predicted octanol–water partition coefficient (Wildman–Crippen LogP) is -1.26. The van der Waals surface area contributed by atoms with E-state index in [0.29, 0.717) is 0 Å². The molecule has 0 atom stereocenters. The van der Waals surface area contributed by atoms with Crippen molar-refractivity contribution in [2.24, 2.45) is 0 Å². The molecular formula is C6H9KOSi. The topological polar surface area (TPSA) is 20.2 Å². The van der Waals surface area contributed by atoms with E-state index in [1.165, 1.54) is 0 Å². The molecule has 0 heterocycles. The average molecular weight is 164 g/mol. The molecule has 0 radical (unpaired) electrons. The third kappa shape index (κ3) is 3.67. The van der Waals surface area contributed by atoms with E-state index in [9.17, 15) is 0 Å². The molecule has 0 spiro atoms. The van der Waals surface area contributed by atoms with Crippen LogP contribution in [0.5, 0.6) is 0 Å². The fourth-order valence-electron chi connectivity index (χ4n) is 0.583. The van der Waals surface area contributed by atoms with Gasteiger partial charge in [0.25, 0.3) is 0 Å². The van der Waals surface area contributed by atoms with Gasteiger partial charge in [0, 0.05) is 0 Å². The van der Waals surface area contributed by atoms with Gasteiger partial charge in [-0.15, -0.1) is 0 Å². The van der Waals surface area contributed by atoms with Gasteiger partial charge in [0.15, 0.2) is 9.76 Å². The van der Waals surface area contributed by atoms with Crippen LogP contribution in [0.3, 0.4) is 0 Å². The van der Waals surface area contributed by atoms with Crippen molar-refractivity contribution in [3.05, 3.63) is 30.3 Å². The van der Waals surface area contributed by atoms with Gasteiger partial charge in [-0.2, -0.15) is 0 Å². The Hall–Kier alpha value is 1.03. The van der Waals surface area contributed by atoms with Crippen molar-refractivity contribution in [1.82, 2.24) is 0 Å². The Morgan fingerprint density at radius 2 is 1.67 bits per heavy atom. The summed E-state index contributed by atoms with van der Waals surface area (Å²) in [6.07, 6.45) is 0. The van der Waals surface area contributed by atoms with Gasteiger partial charge >= 0.3 is 51.4 Å². The van der Waals surface area contributed by atoms with Gasteiger partial charge in [0.2, 0.25) is 0 Å². The summed E-state index contributed by atoms with van der Waals surface area (Å²) in [7, 11) is -0.909. The molecule has 1 N–H and O–H groups in total. The SMILES string of the molecule is O[SiH2]c1ccccc1.[KH]. The molecule has 0 aliphatic rings. The summed E-state index contributed by atoms with van der Waals surface area (Å²) in [5.74, 6) is 0. The van der Waals surface area contributed by atoms with E-state index in [1.807, 2.05) is 30.3 Å². The first kappa shape index (κ1) is 10.0. The summed E-state index contributed by atoms with van der Waals surface area (Å²) in [5, 5.41) is 1.10. The summed E-state index contributed by atoms with van der Waals surface area (Å²) < 4.78 is 0. The molecule has 1 aromatic rings. The molecule has 0 saturated heterocycles. The van der Waals surface area contributed by atoms with Crippen LogP contribution in [-0.2, 0) is 0 Å². The monoisotopic (exact) mass is 164 g/mol. The molecule has 0 fully saturated rings. The van der Waals surface area contributed by atoms with E-state index in [2.05, 4.69) is 0 Å². The van der Waals surface area contributed by atoms with Crippen LogP contribution < -0.4 is 5.19 Å². The quantitative estimate of drug-likeness (QED) is 0.514. The molecule has 3 heteroatoms. The molecule has 0 aromatic heterocycles. The van der Waals surface area contributed by atoms with E-state index in [0.717, 1.165) is 5.19 Å². The zero-order chi connectivity index (χ0) is 5.82. The first-order valence-corrected chi connectivity index (χ1v) is 3.92. The predicted molar refractivity (Wildman–Crippen MR) is 44.0 cm³/mol. The molecular weight excluding hydrogens is 155 g/mol. The molecule has 0 saturated carbocycles. The Balaban J connectivity index is 0.000000640. The van der Waals surface area contributed by atoms with E-state index in [1.54, 1.807) is 0 Å². The summed E-state index contributed by atoms with van der Waals surface area (Å²) in [6, 6.07) is 9.74. The summed E-state index contributed by atoms with van der Waals surface area (Å²) in [4.78, 5) is 8.68. The third-order valence-electron chi connectivity index (χ3n) is 1.03. The zero-order valence-electron chi connectivity index (χ0n) is 4.54. The van der Waals surface area contributed by atoms with Gasteiger partial charge in [-0.05, 0) is 5.19 Å². The van der Waals surface area contributed by atoms with Crippen LogP contribution in [-0.4, -0.2) is 65.9 Å². The van der Waals surface area contributed by atoms with Crippen molar-refractivity contribution in [2.45, 2.75) is 0 Å². The van der Waals surface area contributed by atoms with Crippen LogP contribution in [0.25, 0.3) is 0 Å². The summed E-state index contributed by atoms with van der Waals surface area (Å²) in [6.45, 7) is 0. The van der Waals surface area contributed by atoms with Crippen molar-refractivity contribution < 1.29 is 4.80 Å². The Bertz CT molecular complexity index is 154.